The third-order valence-corrected chi connectivity index (χ3v) is 5.22. The minimum atomic E-state index is 0.178. The number of benzene rings is 1. The number of aromatic nitrogens is 3. The zero-order chi connectivity index (χ0) is 20.1. The van der Waals surface area contributed by atoms with Crippen LogP contribution in [0.15, 0.2) is 60.9 Å². The molecule has 2 aromatic heterocycles. The Morgan fingerprint density at radius 3 is 2.79 bits per heavy atom. The highest BCUT2D eigenvalue weighted by Crippen LogP contribution is 2.26. The van der Waals surface area contributed by atoms with Crippen LogP contribution in [0, 0.1) is 6.92 Å². The van der Waals surface area contributed by atoms with E-state index < -0.39 is 0 Å². The van der Waals surface area contributed by atoms with Crippen LogP contribution < -0.4 is 5.32 Å². The van der Waals surface area contributed by atoms with E-state index in [9.17, 15) is 4.79 Å². The molecule has 6 nitrogen and oxygen atoms in total. The van der Waals surface area contributed by atoms with Gasteiger partial charge >= 0.3 is 0 Å². The third kappa shape index (κ3) is 4.96. The number of pyridine rings is 1. The molecule has 1 atom stereocenters. The average molecular weight is 387 g/mol. The summed E-state index contributed by atoms with van der Waals surface area (Å²) in [5.74, 6) is 1.65. The smallest absolute Gasteiger partial charge is 0.228 e. The molecule has 1 amide bonds. The molecule has 3 aromatic rings. The molecule has 148 valence electrons. The summed E-state index contributed by atoms with van der Waals surface area (Å²) in [5, 5.41) is 3.16. The van der Waals surface area contributed by atoms with Gasteiger partial charge in [-0.3, -0.25) is 4.79 Å². The number of nitrogens with one attached hydrogen (secondary N) is 1. The Bertz CT molecular complexity index is 959. The molecular formula is C23H25N5O. The van der Waals surface area contributed by atoms with Crippen LogP contribution in [0.25, 0.3) is 0 Å². The summed E-state index contributed by atoms with van der Waals surface area (Å²) in [6.07, 6.45) is 6.03. The molecule has 6 heteroatoms. The second-order valence-corrected chi connectivity index (χ2v) is 7.49. The number of nitrogens with zero attached hydrogens (tertiary/aromatic N) is 4. The Balaban J connectivity index is 1.42. The predicted octanol–water partition coefficient (Wildman–Crippen LogP) is 3.87. The molecule has 3 heterocycles. The Morgan fingerprint density at radius 1 is 1.14 bits per heavy atom. The molecule has 0 bridgehead atoms. The van der Waals surface area contributed by atoms with Crippen LogP contribution >= 0.6 is 0 Å². The largest absolute Gasteiger partial charge is 0.342 e. The number of carbonyl (C=O) groups excluding carboxylic acids is 1. The zero-order valence-corrected chi connectivity index (χ0v) is 16.6. The molecular weight excluding hydrogens is 362 g/mol. The summed E-state index contributed by atoms with van der Waals surface area (Å²) >= 11 is 0. The number of amides is 1. The first-order valence-electron chi connectivity index (χ1n) is 10.0. The third-order valence-electron chi connectivity index (χ3n) is 5.22. The molecule has 1 fully saturated rings. The number of carbonyl (C=O) groups is 1. The SMILES string of the molecule is Cc1ccc(Nc2nccc(C3CCCN(C(=O)Cc4ccccc4)C3)n2)nc1. The van der Waals surface area contributed by atoms with Crippen molar-refractivity contribution in [3.05, 3.63) is 77.7 Å². The van der Waals surface area contributed by atoms with Crippen LogP contribution in [0.3, 0.4) is 0 Å². The van der Waals surface area contributed by atoms with Crippen molar-refractivity contribution >= 4 is 17.7 Å². The fourth-order valence-electron chi connectivity index (χ4n) is 3.64. The normalized spacial score (nSPS) is 16.4. The molecule has 1 N–H and O–H groups in total. The minimum absolute atomic E-state index is 0.178. The molecule has 0 spiro atoms. The lowest BCUT2D eigenvalue weighted by Crippen LogP contribution is -2.40. The molecule has 0 aliphatic carbocycles. The van der Waals surface area contributed by atoms with Crippen LogP contribution in [0.5, 0.6) is 0 Å². The first-order chi connectivity index (χ1) is 14.2. The van der Waals surface area contributed by atoms with Crippen LogP contribution in [0.2, 0.25) is 0 Å². The van der Waals surface area contributed by atoms with Crippen molar-refractivity contribution in [2.75, 3.05) is 18.4 Å². The second-order valence-electron chi connectivity index (χ2n) is 7.49. The lowest BCUT2D eigenvalue weighted by molar-refractivity contribution is -0.131. The lowest BCUT2D eigenvalue weighted by atomic mass is 9.94. The lowest BCUT2D eigenvalue weighted by Gasteiger charge is -2.32. The highest BCUT2D eigenvalue weighted by molar-refractivity contribution is 5.79. The number of aryl methyl sites for hydroxylation is 1. The maximum atomic E-state index is 12.8. The molecule has 1 aliphatic rings. The van der Waals surface area contributed by atoms with E-state index in [0.29, 0.717) is 18.9 Å². The van der Waals surface area contributed by atoms with Crippen LogP contribution in [0.1, 0.15) is 35.6 Å². The molecule has 4 rings (SSSR count). The average Bonchev–Trinajstić information content (AvgIpc) is 2.76. The van der Waals surface area contributed by atoms with Gasteiger partial charge in [0.25, 0.3) is 0 Å². The van der Waals surface area contributed by atoms with Crippen molar-refractivity contribution in [3.8, 4) is 0 Å². The maximum Gasteiger partial charge on any atom is 0.228 e. The quantitative estimate of drug-likeness (QED) is 0.720. The first-order valence-corrected chi connectivity index (χ1v) is 10.0. The van der Waals surface area contributed by atoms with Gasteiger partial charge in [0.2, 0.25) is 11.9 Å². The van der Waals surface area contributed by atoms with Gasteiger partial charge in [0, 0.05) is 31.4 Å². The summed E-state index contributed by atoms with van der Waals surface area (Å²) in [4.78, 5) is 28.1. The molecule has 0 saturated carbocycles. The molecule has 0 radical (unpaired) electrons. The van der Waals surface area contributed by atoms with Crippen LogP contribution in [-0.2, 0) is 11.2 Å². The van der Waals surface area contributed by atoms with E-state index in [1.165, 1.54) is 0 Å². The van der Waals surface area contributed by atoms with Gasteiger partial charge in [-0.25, -0.2) is 15.0 Å². The first kappa shape index (κ1) is 19.1. The Labute approximate surface area is 171 Å². The second kappa shape index (κ2) is 8.82. The zero-order valence-electron chi connectivity index (χ0n) is 16.6. The van der Waals surface area contributed by atoms with Crippen LogP contribution in [-0.4, -0.2) is 38.8 Å². The summed E-state index contributed by atoms with van der Waals surface area (Å²) in [6, 6.07) is 15.8. The monoisotopic (exact) mass is 387 g/mol. The van der Waals surface area contributed by atoms with Crippen LogP contribution in [0.4, 0.5) is 11.8 Å². The van der Waals surface area contributed by atoms with E-state index >= 15 is 0 Å². The fourth-order valence-corrected chi connectivity index (χ4v) is 3.64. The Hall–Kier alpha value is -3.28. The van der Waals surface area contributed by atoms with Gasteiger partial charge in [0.15, 0.2) is 0 Å². The van der Waals surface area contributed by atoms with Crippen molar-refractivity contribution in [3.63, 3.8) is 0 Å². The van der Waals surface area contributed by atoms with Crippen molar-refractivity contribution in [2.24, 2.45) is 0 Å². The van der Waals surface area contributed by atoms with Gasteiger partial charge in [-0.05, 0) is 43.0 Å². The van der Waals surface area contributed by atoms with E-state index in [4.69, 9.17) is 4.98 Å². The van der Waals surface area contributed by atoms with Gasteiger partial charge < -0.3 is 10.2 Å². The van der Waals surface area contributed by atoms with E-state index in [2.05, 4.69) is 15.3 Å². The van der Waals surface area contributed by atoms with Gasteiger partial charge in [0.1, 0.15) is 5.82 Å². The van der Waals surface area contributed by atoms with Gasteiger partial charge in [-0.2, -0.15) is 0 Å². The minimum Gasteiger partial charge on any atom is -0.342 e. The topological polar surface area (TPSA) is 71.0 Å². The van der Waals surface area contributed by atoms with Crippen molar-refractivity contribution < 1.29 is 4.79 Å². The van der Waals surface area contributed by atoms with E-state index in [-0.39, 0.29) is 11.8 Å². The molecule has 1 unspecified atom stereocenters. The summed E-state index contributed by atoms with van der Waals surface area (Å²) in [7, 11) is 0. The number of piperidine rings is 1. The van der Waals surface area contributed by atoms with Gasteiger partial charge in [0.05, 0.1) is 12.1 Å². The molecule has 1 aromatic carbocycles. The van der Waals surface area contributed by atoms with Crippen molar-refractivity contribution in [1.29, 1.82) is 0 Å². The van der Waals surface area contributed by atoms with Gasteiger partial charge in [-0.15, -0.1) is 0 Å². The van der Waals surface area contributed by atoms with Crippen molar-refractivity contribution in [1.82, 2.24) is 19.9 Å². The highest BCUT2D eigenvalue weighted by Gasteiger charge is 2.26. The number of hydrogen-bond acceptors (Lipinski definition) is 5. The Morgan fingerprint density at radius 2 is 2.00 bits per heavy atom. The summed E-state index contributed by atoms with van der Waals surface area (Å²) in [5.41, 5.74) is 3.12. The number of rotatable bonds is 5. The van der Waals surface area contributed by atoms with E-state index in [1.807, 2.05) is 66.6 Å². The summed E-state index contributed by atoms with van der Waals surface area (Å²) in [6.45, 7) is 3.51. The van der Waals surface area contributed by atoms with E-state index in [1.54, 1.807) is 6.20 Å². The fraction of sp³-hybridized carbons (Fsp3) is 0.304. The predicted molar refractivity (Wildman–Crippen MR) is 113 cm³/mol. The Kier molecular flexibility index (Phi) is 5.79. The molecule has 1 aliphatic heterocycles. The number of likely N-dealkylation sites (tertiary alicyclic amines) is 1. The molecule has 29 heavy (non-hydrogen) atoms. The number of anilines is 2. The molecule has 1 saturated heterocycles. The summed E-state index contributed by atoms with van der Waals surface area (Å²) < 4.78 is 0. The number of hydrogen-bond donors (Lipinski definition) is 1. The maximum absolute atomic E-state index is 12.8. The van der Waals surface area contributed by atoms with Gasteiger partial charge in [-0.1, -0.05) is 36.4 Å². The standard InChI is InChI=1S/C23H25N5O/c1-17-9-10-21(25-15-17)27-23-24-12-11-20(26-23)19-8-5-13-28(16-19)22(29)14-18-6-3-2-4-7-18/h2-4,6-7,9-12,15,19H,5,8,13-14,16H2,1H3,(H,24,25,26,27). The highest BCUT2D eigenvalue weighted by atomic mass is 16.2. The van der Waals surface area contributed by atoms with E-state index in [0.717, 1.165) is 42.0 Å². The van der Waals surface area contributed by atoms with Crippen molar-refractivity contribution in [2.45, 2.75) is 32.1 Å².